The molecule has 230 valence electrons. The molecule has 0 N–H and O–H groups in total. The quantitative estimate of drug-likeness (QED) is 0.191. The number of halogens is 13. The van der Waals surface area contributed by atoms with E-state index in [1.165, 1.54) is 25.2 Å². The molecule has 0 bridgehead atoms. The second-order valence-corrected chi connectivity index (χ2v) is 11.1. The number of fused-ring (bicyclic) bond motifs is 1. The molecule has 0 aromatic heterocycles. The first-order chi connectivity index (χ1) is 19.7. The number of benzene rings is 3. The average Bonchev–Trinajstić information content (AvgIpc) is 3.20. The maximum absolute atomic E-state index is 15.6. The van der Waals surface area contributed by atoms with Gasteiger partial charge in [0.25, 0.3) is 5.91 Å². The molecule has 1 aliphatic heterocycles. The van der Waals surface area contributed by atoms with Crippen LogP contribution in [0.15, 0.2) is 62.5 Å². The molecule has 0 unspecified atom stereocenters. The highest BCUT2D eigenvalue weighted by Crippen LogP contribution is 2.55. The van der Waals surface area contributed by atoms with Gasteiger partial charge in [0.15, 0.2) is 17.3 Å². The lowest BCUT2D eigenvalue weighted by Crippen LogP contribution is -2.50. The van der Waals surface area contributed by atoms with Crippen molar-refractivity contribution in [3.63, 3.8) is 0 Å². The van der Waals surface area contributed by atoms with Crippen LogP contribution < -0.4 is 14.4 Å². The van der Waals surface area contributed by atoms with Gasteiger partial charge in [0, 0.05) is 32.7 Å². The van der Waals surface area contributed by atoms with Crippen molar-refractivity contribution in [2.24, 2.45) is 4.99 Å². The Morgan fingerprint density at radius 1 is 0.884 bits per heavy atom. The van der Waals surface area contributed by atoms with E-state index in [2.05, 4.69) is 62.3 Å². The first kappa shape index (κ1) is 33.0. The van der Waals surface area contributed by atoms with Gasteiger partial charge >= 0.3 is 24.3 Å². The summed E-state index contributed by atoms with van der Waals surface area (Å²) in [5.41, 5.74) is -8.65. The third-order valence-corrected chi connectivity index (χ3v) is 7.73. The number of carbonyl (C=O) groups excluding carboxylic acids is 1. The number of alkyl halides is 9. The van der Waals surface area contributed by atoms with Crippen molar-refractivity contribution in [1.29, 1.82) is 0 Å². The molecule has 43 heavy (non-hydrogen) atoms. The van der Waals surface area contributed by atoms with Crippen LogP contribution in [0.4, 0.5) is 55.3 Å². The summed E-state index contributed by atoms with van der Waals surface area (Å²) in [6.07, 6.45) is -16.6. The molecule has 0 fully saturated rings. The highest BCUT2D eigenvalue weighted by molar-refractivity contribution is 9.18. The molecule has 3 aromatic carbocycles. The first-order valence-corrected chi connectivity index (χ1v) is 13.6. The maximum atomic E-state index is 15.6. The summed E-state index contributed by atoms with van der Waals surface area (Å²) in [4.78, 5) is 17.8. The molecular formula is C25H11Br3F10N2O3. The number of nitrogens with zero attached hydrogens (tertiary/aromatic N) is 2. The highest BCUT2D eigenvalue weighted by atomic mass is 79.9. The van der Waals surface area contributed by atoms with E-state index in [0.29, 0.717) is 0 Å². The summed E-state index contributed by atoms with van der Waals surface area (Å²) in [5, 5.41) is 0. The van der Waals surface area contributed by atoms with Crippen molar-refractivity contribution in [2.45, 2.75) is 24.3 Å². The van der Waals surface area contributed by atoms with E-state index in [1.807, 2.05) is 0 Å². The SMILES string of the molecule is CN(C(=O)c1ccc2c(c1)OC(F)(F)O2)c1cccc(C(Br)=Nc2c(Br)cc(C(F)(C(F)(F)F)C(F)(F)F)cc2Br)c1F. The molecule has 1 heterocycles. The molecule has 0 saturated carbocycles. The highest BCUT2D eigenvalue weighted by Gasteiger charge is 2.73. The average molecular weight is 817 g/mol. The van der Waals surface area contributed by atoms with Gasteiger partial charge < -0.3 is 14.4 Å². The minimum atomic E-state index is -6.35. The summed E-state index contributed by atoms with van der Waals surface area (Å²) in [7, 11) is 1.17. The third kappa shape index (κ3) is 6.09. The molecule has 0 aliphatic carbocycles. The summed E-state index contributed by atoms with van der Waals surface area (Å²) in [5.74, 6) is -2.65. The zero-order valence-electron chi connectivity index (χ0n) is 20.7. The molecule has 18 heteroatoms. The van der Waals surface area contributed by atoms with Crippen LogP contribution in [0.25, 0.3) is 0 Å². The van der Waals surface area contributed by atoms with Gasteiger partial charge in [0.2, 0.25) is 0 Å². The molecule has 0 saturated heterocycles. The third-order valence-electron chi connectivity index (χ3n) is 5.92. The van der Waals surface area contributed by atoms with Crippen LogP contribution in [0.5, 0.6) is 11.5 Å². The fourth-order valence-corrected chi connectivity index (χ4v) is 5.69. The molecular weight excluding hydrogens is 806 g/mol. The van der Waals surface area contributed by atoms with Gasteiger partial charge in [-0.1, -0.05) is 6.07 Å². The lowest BCUT2D eigenvalue weighted by atomic mass is 9.94. The summed E-state index contributed by atoms with van der Waals surface area (Å²) >= 11 is 8.57. The van der Waals surface area contributed by atoms with E-state index < -0.39 is 56.3 Å². The first-order valence-electron chi connectivity index (χ1n) is 11.2. The van der Waals surface area contributed by atoms with Crippen molar-refractivity contribution in [2.75, 3.05) is 11.9 Å². The Morgan fingerprint density at radius 2 is 1.44 bits per heavy atom. The topological polar surface area (TPSA) is 51.1 Å². The number of hydrogen-bond acceptors (Lipinski definition) is 4. The number of ether oxygens (including phenoxy) is 2. The van der Waals surface area contributed by atoms with Crippen LogP contribution in [-0.4, -0.2) is 36.2 Å². The van der Waals surface area contributed by atoms with E-state index in [-0.39, 0.29) is 45.0 Å². The van der Waals surface area contributed by atoms with Gasteiger partial charge in [-0.3, -0.25) is 4.79 Å². The lowest BCUT2D eigenvalue weighted by molar-refractivity contribution is -0.348. The van der Waals surface area contributed by atoms with Crippen LogP contribution >= 0.6 is 47.8 Å². The molecule has 0 atom stereocenters. The predicted octanol–water partition coefficient (Wildman–Crippen LogP) is 9.71. The Balaban J connectivity index is 1.68. The molecule has 1 amide bonds. The van der Waals surface area contributed by atoms with Crippen molar-refractivity contribution in [3.05, 3.63) is 80.0 Å². The molecule has 0 radical (unpaired) electrons. The number of amides is 1. The molecule has 4 rings (SSSR count). The molecule has 1 aliphatic rings. The van der Waals surface area contributed by atoms with E-state index in [9.17, 15) is 44.3 Å². The Kier molecular flexibility index (Phi) is 8.64. The van der Waals surface area contributed by atoms with Crippen molar-refractivity contribution < 1.29 is 58.2 Å². The minimum Gasteiger partial charge on any atom is -0.395 e. The number of carbonyl (C=O) groups is 1. The summed E-state index contributed by atoms with van der Waals surface area (Å²) in [6, 6.07) is 7.32. The smallest absolute Gasteiger partial charge is 0.395 e. The number of anilines is 1. The Hall–Kier alpha value is -2.86. The van der Waals surface area contributed by atoms with Crippen LogP contribution in [-0.2, 0) is 5.67 Å². The van der Waals surface area contributed by atoms with Gasteiger partial charge in [-0.2, -0.15) is 26.3 Å². The van der Waals surface area contributed by atoms with E-state index in [1.54, 1.807) is 0 Å². The number of aliphatic imine (C=N–C) groups is 1. The molecule has 5 nitrogen and oxygen atoms in total. The van der Waals surface area contributed by atoms with Crippen molar-refractivity contribution in [3.8, 4) is 11.5 Å². The summed E-state index contributed by atoms with van der Waals surface area (Å²) < 4.78 is 143. The minimum absolute atomic E-state index is 0.172. The van der Waals surface area contributed by atoms with Crippen LogP contribution in [0, 0.1) is 5.82 Å². The number of rotatable bonds is 5. The Morgan fingerprint density at radius 3 is 2.00 bits per heavy atom. The van der Waals surface area contributed by atoms with Crippen molar-refractivity contribution in [1.82, 2.24) is 0 Å². The zero-order valence-corrected chi connectivity index (χ0v) is 25.4. The zero-order chi connectivity index (χ0) is 32.3. The second kappa shape index (κ2) is 11.3. The maximum Gasteiger partial charge on any atom is 0.586 e. The van der Waals surface area contributed by atoms with Crippen LogP contribution in [0.2, 0.25) is 0 Å². The van der Waals surface area contributed by atoms with Gasteiger partial charge in [0.1, 0.15) is 4.62 Å². The monoisotopic (exact) mass is 814 g/mol. The van der Waals surface area contributed by atoms with Crippen molar-refractivity contribution >= 4 is 69.7 Å². The van der Waals surface area contributed by atoms with E-state index in [4.69, 9.17) is 0 Å². The van der Waals surface area contributed by atoms with Crippen LogP contribution in [0.1, 0.15) is 21.5 Å². The van der Waals surface area contributed by atoms with E-state index in [0.717, 1.165) is 23.1 Å². The summed E-state index contributed by atoms with van der Waals surface area (Å²) in [6.45, 7) is 0. The molecule has 3 aromatic rings. The Labute approximate surface area is 259 Å². The fraction of sp³-hybridized carbons (Fsp3) is 0.200. The lowest BCUT2D eigenvalue weighted by Gasteiger charge is -2.30. The van der Waals surface area contributed by atoms with Crippen LogP contribution in [0.3, 0.4) is 0 Å². The standard InChI is InChI=1S/C25H11Br3F10N2O3/c1-40(21(41)10-5-6-16-17(7-10)43-25(37,38)42-16)15-4-2-3-12(18(15)29)20(28)39-19-13(26)8-11(9-14(19)27)22(30,23(31,32)33)24(34,35)36/h2-9H,1H3. The van der Waals surface area contributed by atoms with Gasteiger partial charge in [-0.25, -0.2) is 13.8 Å². The largest absolute Gasteiger partial charge is 0.586 e. The van der Waals surface area contributed by atoms with Gasteiger partial charge in [-0.15, -0.1) is 8.78 Å². The fourth-order valence-electron chi connectivity index (χ4n) is 3.84. The van der Waals surface area contributed by atoms with Gasteiger partial charge in [0.05, 0.1) is 11.4 Å². The number of hydrogen-bond donors (Lipinski definition) is 0. The second-order valence-electron chi connectivity index (χ2n) is 8.68. The van der Waals surface area contributed by atoms with Gasteiger partial charge in [-0.05, 0) is 90.3 Å². The van der Waals surface area contributed by atoms with E-state index >= 15 is 4.39 Å². The predicted molar refractivity (Wildman–Crippen MR) is 144 cm³/mol. The Bertz CT molecular complexity index is 1610. The normalized spacial score (nSPS) is 15.1. The molecule has 0 spiro atoms.